The molecule has 2 aromatic carbocycles. The SMILES string of the molecule is COc1cc(Cl)ccc1C(Cl)Cc1ccc(F)cc1. The maximum atomic E-state index is 12.8. The molecule has 0 spiro atoms. The molecule has 0 N–H and O–H groups in total. The van der Waals surface area contributed by atoms with E-state index in [4.69, 9.17) is 27.9 Å². The molecule has 4 heteroatoms. The van der Waals surface area contributed by atoms with Crippen molar-refractivity contribution >= 4 is 23.2 Å². The van der Waals surface area contributed by atoms with Crippen LogP contribution in [0.4, 0.5) is 4.39 Å². The van der Waals surface area contributed by atoms with Crippen LogP contribution in [0.3, 0.4) is 0 Å². The van der Waals surface area contributed by atoms with Crippen molar-refractivity contribution in [2.45, 2.75) is 11.8 Å². The monoisotopic (exact) mass is 298 g/mol. The number of hydrogen-bond acceptors (Lipinski definition) is 1. The Morgan fingerprint density at radius 3 is 2.47 bits per heavy atom. The van der Waals surface area contributed by atoms with Crippen LogP contribution in [0.5, 0.6) is 5.75 Å². The molecular formula is C15H13Cl2FO. The van der Waals surface area contributed by atoms with Crippen molar-refractivity contribution in [3.63, 3.8) is 0 Å². The summed E-state index contributed by atoms with van der Waals surface area (Å²) >= 11 is 12.3. The Balaban J connectivity index is 2.19. The average Bonchev–Trinajstić information content (AvgIpc) is 2.41. The molecule has 2 rings (SSSR count). The molecule has 0 bridgehead atoms. The maximum absolute atomic E-state index is 12.8. The highest BCUT2D eigenvalue weighted by molar-refractivity contribution is 6.30. The van der Waals surface area contributed by atoms with Crippen molar-refractivity contribution in [3.8, 4) is 5.75 Å². The Hall–Kier alpha value is -1.25. The van der Waals surface area contributed by atoms with Crippen LogP contribution >= 0.6 is 23.2 Å². The highest BCUT2D eigenvalue weighted by Crippen LogP contribution is 2.34. The predicted octanol–water partition coefficient (Wildman–Crippen LogP) is 5.01. The zero-order valence-electron chi connectivity index (χ0n) is 10.4. The van der Waals surface area contributed by atoms with Crippen LogP contribution in [0.25, 0.3) is 0 Å². The van der Waals surface area contributed by atoms with E-state index < -0.39 is 0 Å². The van der Waals surface area contributed by atoms with Gasteiger partial charge in [-0.3, -0.25) is 0 Å². The van der Waals surface area contributed by atoms with E-state index in [0.717, 1.165) is 11.1 Å². The molecule has 1 unspecified atom stereocenters. The number of alkyl halides is 1. The van der Waals surface area contributed by atoms with Gasteiger partial charge in [0.15, 0.2) is 0 Å². The van der Waals surface area contributed by atoms with Gasteiger partial charge >= 0.3 is 0 Å². The Morgan fingerprint density at radius 2 is 1.84 bits per heavy atom. The van der Waals surface area contributed by atoms with Crippen molar-refractivity contribution in [3.05, 3.63) is 64.4 Å². The zero-order chi connectivity index (χ0) is 13.8. The van der Waals surface area contributed by atoms with Gasteiger partial charge in [-0.1, -0.05) is 29.8 Å². The lowest BCUT2D eigenvalue weighted by Gasteiger charge is -2.14. The van der Waals surface area contributed by atoms with E-state index in [0.29, 0.717) is 17.2 Å². The van der Waals surface area contributed by atoms with Crippen LogP contribution in [0.2, 0.25) is 5.02 Å². The number of rotatable bonds is 4. The lowest BCUT2D eigenvalue weighted by molar-refractivity contribution is 0.409. The Labute approximate surface area is 121 Å². The molecule has 0 aromatic heterocycles. The summed E-state index contributed by atoms with van der Waals surface area (Å²) in [5.74, 6) is 0.411. The molecule has 2 aromatic rings. The number of halogens is 3. The molecule has 0 amide bonds. The standard InChI is InChI=1S/C15H13Cl2FO/c1-19-15-9-11(16)4-7-13(15)14(17)8-10-2-5-12(18)6-3-10/h2-7,9,14H,8H2,1H3. The van der Waals surface area contributed by atoms with Gasteiger partial charge in [-0.25, -0.2) is 4.39 Å². The Morgan fingerprint density at radius 1 is 1.16 bits per heavy atom. The topological polar surface area (TPSA) is 9.23 Å². The summed E-state index contributed by atoms with van der Waals surface area (Å²) in [6.45, 7) is 0. The van der Waals surface area contributed by atoms with Gasteiger partial charge in [0, 0.05) is 10.6 Å². The fourth-order valence-corrected chi connectivity index (χ4v) is 2.40. The third-order valence-corrected chi connectivity index (χ3v) is 3.49. The van der Waals surface area contributed by atoms with Gasteiger partial charge in [0.1, 0.15) is 11.6 Å². The quantitative estimate of drug-likeness (QED) is 0.721. The van der Waals surface area contributed by atoms with Gasteiger partial charge < -0.3 is 4.74 Å². The van der Waals surface area contributed by atoms with Gasteiger partial charge in [-0.15, -0.1) is 11.6 Å². The molecular weight excluding hydrogens is 286 g/mol. The van der Waals surface area contributed by atoms with Crippen LogP contribution in [0.15, 0.2) is 42.5 Å². The molecule has 0 saturated heterocycles. The third kappa shape index (κ3) is 3.62. The first-order valence-corrected chi connectivity index (χ1v) is 6.63. The first-order valence-electron chi connectivity index (χ1n) is 5.82. The number of benzene rings is 2. The highest BCUT2D eigenvalue weighted by atomic mass is 35.5. The van der Waals surface area contributed by atoms with Crippen molar-refractivity contribution in [1.29, 1.82) is 0 Å². The first-order chi connectivity index (χ1) is 9.10. The van der Waals surface area contributed by atoms with Crippen molar-refractivity contribution in [1.82, 2.24) is 0 Å². The third-order valence-electron chi connectivity index (χ3n) is 2.86. The lowest BCUT2D eigenvalue weighted by atomic mass is 10.0. The second-order valence-electron chi connectivity index (χ2n) is 4.18. The van der Waals surface area contributed by atoms with Crippen LogP contribution in [0, 0.1) is 5.82 Å². The zero-order valence-corrected chi connectivity index (χ0v) is 11.9. The Bertz CT molecular complexity index is 555. The van der Waals surface area contributed by atoms with Gasteiger partial charge in [-0.2, -0.15) is 0 Å². The molecule has 0 radical (unpaired) electrons. The fraction of sp³-hybridized carbons (Fsp3) is 0.200. The first kappa shape index (κ1) is 14.2. The second kappa shape index (κ2) is 6.27. The molecule has 100 valence electrons. The molecule has 0 aliphatic rings. The van der Waals surface area contributed by atoms with E-state index in [-0.39, 0.29) is 11.2 Å². The predicted molar refractivity (Wildman–Crippen MR) is 76.7 cm³/mol. The fourth-order valence-electron chi connectivity index (χ4n) is 1.88. The summed E-state index contributed by atoms with van der Waals surface area (Å²) in [5.41, 5.74) is 1.84. The van der Waals surface area contributed by atoms with Crippen LogP contribution in [-0.4, -0.2) is 7.11 Å². The summed E-state index contributed by atoms with van der Waals surface area (Å²) in [5, 5.41) is 0.351. The van der Waals surface area contributed by atoms with Crippen LogP contribution in [0.1, 0.15) is 16.5 Å². The van der Waals surface area contributed by atoms with Gasteiger partial charge in [0.25, 0.3) is 0 Å². The van der Waals surface area contributed by atoms with Crippen molar-refractivity contribution < 1.29 is 9.13 Å². The maximum Gasteiger partial charge on any atom is 0.125 e. The minimum Gasteiger partial charge on any atom is -0.496 e. The van der Waals surface area contributed by atoms with Crippen molar-refractivity contribution in [2.24, 2.45) is 0 Å². The summed E-state index contributed by atoms with van der Waals surface area (Å²) in [6.07, 6.45) is 0.597. The van der Waals surface area contributed by atoms with E-state index in [1.54, 1.807) is 31.4 Å². The molecule has 1 atom stereocenters. The molecule has 19 heavy (non-hydrogen) atoms. The molecule has 0 fully saturated rings. The summed E-state index contributed by atoms with van der Waals surface area (Å²) in [6, 6.07) is 11.7. The molecule has 0 aliphatic heterocycles. The molecule has 0 aliphatic carbocycles. The average molecular weight is 299 g/mol. The second-order valence-corrected chi connectivity index (χ2v) is 5.15. The van der Waals surface area contributed by atoms with Gasteiger partial charge in [0.2, 0.25) is 0 Å². The number of methoxy groups -OCH3 is 1. The van der Waals surface area contributed by atoms with E-state index in [9.17, 15) is 4.39 Å². The van der Waals surface area contributed by atoms with E-state index in [1.807, 2.05) is 6.07 Å². The molecule has 0 heterocycles. The van der Waals surface area contributed by atoms with Crippen molar-refractivity contribution in [2.75, 3.05) is 7.11 Å². The lowest BCUT2D eigenvalue weighted by Crippen LogP contribution is -1.99. The summed E-state index contributed by atoms with van der Waals surface area (Å²) in [4.78, 5) is 0. The van der Waals surface area contributed by atoms with E-state index in [2.05, 4.69) is 0 Å². The summed E-state index contributed by atoms with van der Waals surface area (Å²) < 4.78 is 18.1. The summed E-state index contributed by atoms with van der Waals surface area (Å²) in [7, 11) is 1.58. The number of hydrogen-bond donors (Lipinski definition) is 0. The Kier molecular flexibility index (Phi) is 4.67. The normalized spacial score (nSPS) is 12.2. The number of ether oxygens (including phenoxy) is 1. The van der Waals surface area contributed by atoms with Crippen LogP contribution in [-0.2, 0) is 6.42 Å². The minimum absolute atomic E-state index is 0.251. The van der Waals surface area contributed by atoms with E-state index in [1.165, 1.54) is 12.1 Å². The molecule has 1 nitrogen and oxygen atoms in total. The minimum atomic E-state index is -0.252. The smallest absolute Gasteiger partial charge is 0.125 e. The van der Waals surface area contributed by atoms with Crippen LogP contribution < -0.4 is 4.74 Å². The highest BCUT2D eigenvalue weighted by Gasteiger charge is 2.14. The largest absolute Gasteiger partial charge is 0.496 e. The van der Waals surface area contributed by atoms with Gasteiger partial charge in [0.05, 0.1) is 12.5 Å². The van der Waals surface area contributed by atoms with E-state index >= 15 is 0 Å². The molecule has 0 saturated carbocycles. The van der Waals surface area contributed by atoms with Gasteiger partial charge in [-0.05, 0) is 36.2 Å².